The summed E-state index contributed by atoms with van der Waals surface area (Å²) in [5.74, 6) is -0.218. The summed E-state index contributed by atoms with van der Waals surface area (Å²) in [4.78, 5) is 27.0. The normalized spacial score (nSPS) is 14.9. The van der Waals surface area contributed by atoms with Crippen molar-refractivity contribution in [3.8, 4) is 0 Å². The zero-order valence-corrected chi connectivity index (χ0v) is 17.0. The van der Waals surface area contributed by atoms with Crippen molar-refractivity contribution in [2.75, 3.05) is 45.2 Å². The molecule has 1 aliphatic rings. The number of amides is 1. The van der Waals surface area contributed by atoms with Gasteiger partial charge < -0.3 is 9.80 Å². The predicted molar refractivity (Wildman–Crippen MR) is 109 cm³/mol. The molecule has 1 aliphatic heterocycles. The maximum Gasteiger partial charge on any atom is 0.269 e. The summed E-state index contributed by atoms with van der Waals surface area (Å²) < 4.78 is 25.7. The Hall–Kier alpha value is -2.98. The smallest absolute Gasteiger partial charge is 0.269 e. The van der Waals surface area contributed by atoms with Gasteiger partial charge in [0.15, 0.2) is 0 Å². The SMILES string of the molecule is CN(C)S(=O)(=O)c1cccc(C(=O)N2CCN(c3ccc([N+](=O)[O-])cc3)CC2)c1. The monoisotopic (exact) mass is 418 g/mol. The number of nitro groups is 1. The molecule has 10 heteroatoms. The fourth-order valence-corrected chi connectivity index (χ4v) is 4.08. The molecule has 0 saturated carbocycles. The summed E-state index contributed by atoms with van der Waals surface area (Å²) in [6.45, 7) is 2.11. The van der Waals surface area contributed by atoms with Crippen molar-refractivity contribution >= 4 is 27.3 Å². The molecule has 1 fully saturated rings. The fraction of sp³-hybridized carbons (Fsp3) is 0.316. The van der Waals surface area contributed by atoms with Gasteiger partial charge in [0.1, 0.15) is 0 Å². The number of carbonyl (C=O) groups excluding carboxylic acids is 1. The standard InChI is InChI=1S/C19H22N4O5S/c1-20(2)29(27,28)18-5-3-4-15(14-18)19(24)22-12-10-21(11-13-22)16-6-8-17(9-7-16)23(25)26/h3-9,14H,10-13H2,1-2H3. The number of hydrogen-bond acceptors (Lipinski definition) is 6. The number of piperazine rings is 1. The van der Waals surface area contributed by atoms with Gasteiger partial charge >= 0.3 is 0 Å². The highest BCUT2D eigenvalue weighted by Crippen LogP contribution is 2.22. The van der Waals surface area contributed by atoms with Gasteiger partial charge in [-0.2, -0.15) is 0 Å². The third kappa shape index (κ3) is 4.38. The van der Waals surface area contributed by atoms with Gasteiger partial charge in [0.05, 0.1) is 9.82 Å². The first-order valence-electron chi connectivity index (χ1n) is 9.01. The summed E-state index contributed by atoms with van der Waals surface area (Å²) in [7, 11) is -0.720. The molecular formula is C19H22N4O5S. The van der Waals surface area contributed by atoms with Crippen LogP contribution >= 0.6 is 0 Å². The summed E-state index contributed by atoms with van der Waals surface area (Å²) in [6.07, 6.45) is 0. The Kier molecular flexibility index (Phi) is 5.85. The number of anilines is 1. The van der Waals surface area contributed by atoms with E-state index in [1.54, 1.807) is 29.2 Å². The Morgan fingerprint density at radius 3 is 2.21 bits per heavy atom. The first-order valence-corrected chi connectivity index (χ1v) is 10.5. The molecule has 2 aromatic rings. The quantitative estimate of drug-likeness (QED) is 0.542. The molecule has 9 nitrogen and oxygen atoms in total. The zero-order valence-electron chi connectivity index (χ0n) is 16.2. The van der Waals surface area contributed by atoms with Gasteiger partial charge in [0, 0.05) is 63.7 Å². The van der Waals surface area contributed by atoms with E-state index in [0.29, 0.717) is 31.7 Å². The third-order valence-electron chi connectivity index (χ3n) is 4.85. The molecule has 1 saturated heterocycles. The van der Waals surface area contributed by atoms with Crippen molar-refractivity contribution < 1.29 is 18.1 Å². The van der Waals surface area contributed by atoms with E-state index in [1.165, 1.54) is 38.4 Å². The van der Waals surface area contributed by atoms with Crippen LogP contribution in [-0.2, 0) is 10.0 Å². The molecule has 29 heavy (non-hydrogen) atoms. The fourth-order valence-electron chi connectivity index (χ4n) is 3.14. The lowest BCUT2D eigenvalue weighted by Crippen LogP contribution is -2.48. The van der Waals surface area contributed by atoms with Gasteiger partial charge in [-0.15, -0.1) is 0 Å². The molecule has 0 spiro atoms. The highest BCUT2D eigenvalue weighted by Gasteiger charge is 2.24. The third-order valence-corrected chi connectivity index (χ3v) is 6.66. The summed E-state index contributed by atoms with van der Waals surface area (Å²) in [5.41, 5.74) is 1.23. The first kappa shape index (κ1) is 20.7. The average molecular weight is 418 g/mol. The number of nitrogens with zero attached hydrogens (tertiary/aromatic N) is 4. The van der Waals surface area contributed by atoms with Crippen LogP contribution in [0.3, 0.4) is 0 Å². The van der Waals surface area contributed by atoms with E-state index >= 15 is 0 Å². The number of benzene rings is 2. The van der Waals surface area contributed by atoms with E-state index in [1.807, 2.05) is 0 Å². The molecule has 0 bridgehead atoms. The summed E-state index contributed by atoms with van der Waals surface area (Å²) in [6, 6.07) is 12.4. The largest absolute Gasteiger partial charge is 0.368 e. The molecule has 3 rings (SSSR count). The van der Waals surface area contributed by atoms with Crippen LogP contribution in [0.25, 0.3) is 0 Å². The molecule has 0 N–H and O–H groups in total. The molecule has 154 valence electrons. The number of nitro benzene ring substituents is 1. The predicted octanol–water partition coefficient (Wildman–Crippen LogP) is 1.81. The van der Waals surface area contributed by atoms with Crippen molar-refractivity contribution in [1.29, 1.82) is 0 Å². The summed E-state index contributed by atoms with van der Waals surface area (Å²) in [5, 5.41) is 10.8. The van der Waals surface area contributed by atoms with Crippen LogP contribution in [0.1, 0.15) is 10.4 Å². The lowest BCUT2D eigenvalue weighted by Gasteiger charge is -2.36. The van der Waals surface area contributed by atoms with Gasteiger partial charge in [-0.05, 0) is 30.3 Å². The lowest BCUT2D eigenvalue weighted by atomic mass is 10.1. The summed E-state index contributed by atoms with van der Waals surface area (Å²) >= 11 is 0. The maximum atomic E-state index is 12.8. The van der Waals surface area contributed by atoms with Crippen LogP contribution in [0, 0.1) is 10.1 Å². The Bertz CT molecular complexity index is 1010. The highest BCUT2D eigenvalue weighted by atomic mass is 32.2. The number of hydrogen-bond donors (Lipinski definition) is 0. The van der Waals surface area contributed by atoms with E-state index in [9.17, 15) is 23.3 Å². The van der Waals surface area contributed by atoms with Crippen molar-refractivity contribution in [2.24, 2.45) is 0 Å². The first-order chi connectivity index (χ1) is 13.7. The number of non-ortho nitro benzene ring substituents is 1. The van der Waals surface area contributed by atoms with Crippen LogP contribution in [0.5, 0.6) is 0 Å². The highest BCUT2D eigenvalue weighted by molar-refractivity contribution is 7.89. The second kappa shape index (κ2) is 8.18. The van der Waals surface area contributed by atoms with Crippen LogP contribution in [-0.4, -0.2) is 68.7 Å². The van der Waals surface area contributed by atoms with E-state index in [-0.39, 0.29) is 16.5 Å². The Balaban J connectivity index is 1.68. The van der Waals surface area contributed by atoms with Gasteiger partial charge in [-0.3, -0.25) is 14.9 Å². The second-order valence-electron chi connectivity index (χ2n) is 6.87. The minimum Gasteiger partial charge on any atom is -0.368 e. The van der Waals surface area contributed by atoms with Crippen molar-refractivity contribution in [1.82, 2.24) is 9.21 Å². The van der Waals surface area contributed by atoms with Crippen LogP contribution in [0.4, 0.5) is 11.4 Å². The second-order valence-corrected chi connectivity index (χ2v) is 9.02. The number of rotatable bonds is 5. The van der Waals surface area contributed by atoms with E-state index in [2.05, 4.69) is 4.90 Å². The zero-order chi connectivity index (χ0) is 21.2. The molecule has 0 radical (unpaired) electrons. The minimum atomic E-state index is -3.61. The molecule has 0 aliphatic carbocycles. The number of sulfonamides is 1. The van der Waals surface area contributed by atoms with E-state index in [0.717, 1.165) is 9.99 Å². The van der Waals surface area contributed by atoms with Gasteiger partial charge in [-0.1, -0.05) is 6.07 Å². The molecule has 1 amide bonds. The van der Waals surface area contributed by atoms with E-state index in [4.69, 9.17) is 0 Å². The van der Waals surface area contributed by atoms with Crippen LogP contribution in [0.2, 0.25) is 0 Å². The average Bonchev–Trinajstić information content (AvgIpc) is 2.73. The topological polar surface area (TPSA) is 104 Å². The Morgan fingerprint density at radius 1 is 1.03 bits per heavy atom. The van der Waals surface area contributed by atoms with E-state index < -0.39 is 14.9 Å². The molecule has 2 aromatic carbocycles. The van der Waals surface area contributed by atoms with Crippen LogP contribution in [0.15, 0.2) is 53.4 Å². The molecule has 0 aromatic heterocycles. The van der Waals surface area contributed by atoms with Gasteiger partial charge in [-0.25, -0.2) is 12.7 Å². The van der Waals surface area contributed by atoms with Crippen LogP contribution < -0.4 is 4.90 Å². The minimum absolute atomic E-state index is 0.0372. The van der Waals surface area contributed by atoms with Crippen molar-refractivity contribution in [3.05, 3.63) is 64.2 Å². The Morgan fingerprint density at radius 2 is 1.66 bits per heavy atom. The number of carbonyl (C=O) groups is 1. The molecule has 1 heterocycles. The lowest BCUT2D eigenvalue weighted by molar-refractivity contribution is -0.384. The molecule has 0 atom stereocenters. The molecule has 0 unspecified atom stereocenters. The maximum absolute atomic E-state index is 12.8. The van der Waals surface area contributed by atoms with Crippen molar-refractivity contribution in [3.63, 3.8) is 0 Å². The van der Waals surface area contributed by atoms with Gasteiger partial charge in [0.2, 0.25) is 10.0 Å². The molecular weight excluding hydrogens is 396 g/mol. The van der Waals surface area contributed by atoms with Crippen molar-refractivity contribution in [2.45, 2.75) is 4.90 Å². The Labute approximate surface area is 169 Å². The van der Waals surface area contributed by atoms with Gasteiger partial charge in [0.25, 0.3) is 11.6 Å².